The molecule has 1 fully saturated rings. The molecule has 4 rings (SSSR count). The Bertz CT molecular complexity index is 932. The number of anilines is 1. The van der Waals surface area contributed by atoms with Gasteiger partial charge in [0.2, 0.25) is 0 Å². The SMILES string of the molecule is O=C(Nc1ccccc1CN1CCOCC1)c1[nH]c2ccccc2c1Cl. The van der Waals surface area contributed by atoms with E-state index in [0.29, 0.717) is 10.7 Å². The lowest BCUT2D eigenvalue weighted by atomic mass is 10.1. The molecule has 0 bridgehead atoms. The molecule has 6 heteroatoms. The summed E-state index contributed by atoms with van der Waals surface area (Å²) in [5.74, 6) is -0.236. The fourth-order valence-corrected chi connectivity index (χ4v) is 3.53. The predicted molar refractivity (Wildman–Crippen MR) is 104 cm³/mol. The minimum atomic E-state index is -0.236. The van der Waals surface area contributed by atoms with Crippen LogP contribution >= 0.6 is 11.6 Å². The lowest BCUT2D eigenvalue weighted by molar-refractivity contribution is 0.0342. The molecule has 0 atom stereocenters. The normalized spacial score (nSPS) is 15.3. The van der Waals surface area contributed by atoms with Gasteiger partial charge in [0.25, 0.3) is 5.91 Å². The van der Waals surface area contributed by atoms with Gasteiger partial charge in [-0.15, -0.1) is 0 Å². The molecule has 0 aliphatic carbocycles. The Morgan fingerprint density at radius 1 is 1.12 bits per heavy atom. The molecule has 2 aromatic carbocycles. The summed E-state index contributed by atoms with van der Waals surface area (Å²) in [7, 11) is 0. The number of fused-ring (bicyclic) bond motifs is 1. The van der Waals surface area contributed by atoms with Crippen molar-refractivity contribution in [3.63, 3.8) is 0 Å². The number of nitrogens with one attached hydrogen (secondary N) is 2. The van der Waals surface area contributed by atoms with Gasteiger partial charge in [0.05, 0.1) is 18.2 Å². The van der Waals surface area contributed by atoms with Crippen molar-refractivity contribution in [2.24, 2.45) is 0 Å². The van der Waals surface area contributed by atoms with E-state index >= 15 is 0 Å². The molecule has 0 saturated carbocycles. The molecule has 2 N–H and O–H groups in total. The summed E-state index contributed by atoms with van der Waals surface area (Å²) < 4.78 is 5.40. The van der Waals surface area contributed by atoms with E-state index in [2.05, 4.69) is 15.2 Å². The third kappa shape index (κ3) is 3.46. The first-order valence-corrected chi connectivity index (χ1v) is 9.06. The molecule has 3 aromatic rings. The average Bonchev–Trinajstić information content (AvgIpc) is 3.01. The van der Waals surface area contributed by atoms with E-state index in [1.807, 2.05) is 48.5 Å². The van der Waals surface area contributed by atoms with E-state index < -0.39 is 0 Å². The van der Waals surface area contributed by atoms with Crippen LogP contribution in [0.3, 0.4) is 0 Å². The number of benzene rings is 2. The number of H-pyrrole nitrogens is 1. The second-order valence-electron chi connectivity index (χ2n) is 6.36. The quantitative estimate of drug-likeness (QED) is 0.733. The number of hydrogen-bond acceptors (Lipinski definition) is 3. The highest BCUT2D eigenvalue weighted by molar-refractivity contribution is 6.39. The zero-order valence-corrected chi connectivity index (χ0v) is 15.1. The van der Waals surface area contributed by atoms with Crippen molar-refractivity contribution in [1.29, 1.82) is 0 Å². The Labute approximate surface area is 156 Å². The van der Waals surface area contributed by atoms with Gasteiger partial charge >= 0.3 is 0 Å². The van der Waals surface area contributed by atoms with Crippen LogP contribution in [0, 0.1) is 0 Å². The van der Waals surface area contributed by atoms with Crippen molar-refractivity contribution >= 4 is 34.1 Å². The number of aromatic nitrogens is 1. The molecule has 1 aliphatic rings. The predicted octanol–water partition coefficient (Wildman–Crippen LogP) is 3.91. The Morgan fingerprint density at radius 3 is 2.65 bits per heavy atom. The van der Waals surface area contributed by atoms with E-state index in [9.17, 15) is 4.79 Å². The first-order chi connectivity index (χ1) is 12.7. The number of nitrogens with zero attached hydrogens (tertiary/aromatic N) is 1. The number of hydrogen-bond donors (Lipinski definition) is 2. The average molecular weight is 370 g/mol. The van der Waals surface area contributed by atoms with Crippen LogP contribution in [0.15, 0.2) is 48.5 Å². The molecule has 1 aromatic heterocycles. The van der Waals surface area contributed by atoms with Crippen LogP contribution in [0.25, 0.3) is 10.9 Å². The Kier molecular flexibility index (Phi) is 4.93. The lowest BCUT2D eigenvalue weighted by Crippen LogP contribution is -2.35. The van der Waals surface area contributed by atoms with Crippen LogP contribution in [0.2, 0.25) is 5.02 Å². The molecule has 5 nitrogen and oxygen atoms in total. The molecule has 26 heavy (non-hydrogen) atoms. The van der Waals surface area contributed by atoms with Crippen LogP contribution < -0.4 is 5.32 Å². The lowest BCUT2D eigenvalue weighted by Gasteiger charge is -2.27. The maximum Gasteiger partial charge on any atom is 0.273 e. The van der Waals surface area contributed by atoms with Crippen LogP contribution in [0.5, 0.6) is 0 Å². The molecule has 0 unspecified atom stereocenters. The molecule has 1 aliphatic heterocycles. The minimum absolute atomic E-state index is 0.236. The highest BCUT2D eigenvalue weighted by Crippen LogP contribution is 2.28. The molecular weight excluding hydrogens is 350 g/mol. The minimum Gasteiger partial charge on any atom is -0.379 e. The van der Waals surface area contributed by atoms with Crippen molar-refractivity contribution in [2.75, 3.05) is 31.6 Å². The summed E-state index contributed by atoms with van der Waals surface area (Å²) in [4.78, 5) is 18.2. The first kappa shape index (κ1) is 17.1. The van der Waals surface area contributed by atoms with Crippen LogP contribution in [0.1, 0.15) is 16.1 Å². The summed E-state index contributed by atoms with van der Waals surface area (Å²) in [6.45, 7) is 4.07. The molecule has 0 radical (unpaired) electrons. The number of para-hydroxylation sites is 2. The van der Waals surface area contributed by atoms with E-state index in [-0.39, 0.29) is 5.91 Å². The van der Waals surface area contributed by atoms with Crippen molar-refractivity contribution in [3.05, 3.63) is 64.8 Å². The Hall–Kier alpha value is -2.34. The molecule has 134 valence electrons. The number of amides is 1. The van der Waals surface area contributed by atoms with Crippen molar-refractivity contribution in [3.8, 4) is 0 Å². The van der Waals surface area contributed by atoms with E-state index in [0.717, 1.165) is 55.0 Å². The van der Waals surface area contributed by atoms with Crippen molar-refractivity contribution in [1.82, 2.24) is 9.88 Å². The summed E-state index contributed by atoms with van der Waals surface area (Å²) in [5.41, 5.74) is 3.12. The third-order valence-corrected chi connectivity index (χ3v) is 5.03. The molecular formula is C20H20ClN3O2. The third-order valence-electron chi connectivity index (χ3n) is 4.63. The molecule has 1 saturated heterocycles. The number of carbonyl (C=O) groups is 1. The van der Waals surface area contributed by atoms with Gasteiger partial charge in [0.15, 0.2) is 0 Å². The second-order valence-corrected chi connectivity index (χ2v) is 6.74. The molecule has 2 heterocycles. The van der Waals surface area contributed by atoms with Crippen molar-refractivity contribution in [2.45, 2.75) is 6.54 Å². The number of rotatable bonds is 4. The standard InChI is InChI=1S/C20H20ClN3O2/c21-18-15-6-2-4-8-17(15)22-19(18)20(25)23-16-7-3-1-5-14(16)13-24-9-11-26-12-10-24/h1-8,22H,9-13H2,(H,23,25). The first-order valence-electron chi connectivity index (χ1n) is 8.68. The van der Waals surface area contributed by atoms with Gasteiger partial charge in [-0.2, -0.15) is 0 Å². The Morgan fingerprint density at radius 2 is 1.85 bits per heavy atom. The van der Waals surface area contributed by atoms with Gasteiger partial charge in [-0.05, 0) is 17.7 Å². The number of carbonyl (C=O) groups excluding carboxylic acids is 1. The van der Waals surface area contributed by atoms with Gasteiger partial charge in [0, 0.05) is 36.2 Å². The van der Waals surface area contributed by atoms with Crippen LogP contribution in [-0.2, 0) is 11.3 Å². The van der Waals surface area contributed by atoms with Gasteiger partial charge in [-0.1, -0.05) is 48.0 Å². The largest absolute Gasteiger partial charge is 0.379 e. The molecule has 1 amide bonds. The number of aromatic amines is 1. The van der Waals surface area contributed by atoms with Gasteiger partial charge in [-0.3, -0.25) is 9.69 Å². The summed E-state index contributed by atoms with van der Waals surface area (Å²) >= 11 is 6.40. The van der Waals surface area contributed by atoms with Crippen molar-refractivity contribution < 1.29 is 9.53 Å². The summed E-state index contributed by atoms with van der Waals surface area (Å²) in [5, 5.41) is 4.30. The van der Waals surface area contributed by atoms with E-state index in [4.69, 9.17) is 16.3 Å². The summed E-state index contributed by atoms with van der Waals surface area (Å²) in [6.07, 6.45) is 0. The van der Waals surface area contributed by atoms with Gasteiger partial charge in [0.1, 0.15) is 5.69 Å². The smallest absolute Gasteiger partial charge is 0.273 e. The maximum atomic E-state index is 12.8. The second kappa shape index (κ2) is 7.50. The van der Waals surface area contributed by atoms with Gasteiger partial charge < -0.3 is 15.0 Å². The zero-order chi connectivity index (χ0) is 17.9. The van der Waals surface area contributed by atoms with Crippen LogP contribution in [-0.4, -0.2) is 42.1 Å². The number of ether oxygens (including phenoxy) is 1. The highest BCUT2D eigenvalue weighted by Gasteiger charge is 2.18. The monoisotopic (exact) mass is 369 g/mol. The van der Waals surface area contributed by atoms with Gasteiger partial charge in [-0.25, -0.2) is 0 Å². The summed E-state index contributed by atoms with van der Waals surface area (Å²) in [6, 6.07) is 15.5. The van der Waals surface area contributed by atoms with Crippen LogP contribution in [0.4, 0.5) is 5.69 Å². The zero-order valence-electron chi connectivity index (χ0n) is 14.3. The number of morpholine rings is 1. The molecule has 0 spiro atoms. The fourth-order valence-electron chi connectivity index (χ4n) is 3.23. The highest BCUT2D eigenvalue weighted by atomic mass is 35.5. The van der Waals surface area contributed by atoms with E-state index in [1.54, 1.807) is 0 Å². The maximum absolute atomic E-state index is 12.8. The topological polar surface area (TPSA) is 57.4 Å². The van der Waals surface area contributed by atoms with E-state index in [1.165, 1.54) is 0 Å². The Balaban J connectivity index is 1.56. The number of halogens is 1. The fraction of sp³-hybridized carbons (Fsp3) is 0.250.